The van der Waals surface area contributed by atoms with Gasteiger partial charge in [0.25, 0.3) is 0 Å². The summed E-state index contributed by atoms with van der Waals surface area (Å²) < 4.78 is 68.9. The molecule has 0 bridgehead atoms. The normalized spacial score (nSPS) is 14.8. The minimum absolute atomic E-state index is 0.987. The monoisotopic (exact) mass is 279 g/mol. The van der Waals surface area contributed by atoms with Crippen LogP contribution in [-0.2, 0) is 4.84 Å². The Kier molecular flexibility index (Phi) is 4.55. The number of rotatable bonds is 3. The number of halogens is 8. The number of alkyl halides is 8. The van der Waals surface area contributed by atoms with Crippen molar-refractivity contribution in [1.82, 2.24) is 5.06 Å². The average Bonchev–Trinajstić information content (AvgIpc) is 1.75. The van der Waals surface area contributed by atoms with E-state index in [1.165, 1.54) is 0 Å². The number of hydrogen-bond acceptors (Lipinski definition) is 2. The second-order valence-electron chi connectivity index (χ2n) is 2.57. The molecule has 0 aliphatic heterocycles. The highest BCUT2D eigenvalue weighted by Crippen LogP contribution is 2.34. The van der Waals surface area contributed by atoms with Crippen LogP contribution in [0.5, 0.6) is 0 Å². The van der Waals surface area contributed by atoms with Crippen LogP contribution in [-0.4, -0.2) is 28.6 Å². The molecule has 0 N–H and O–H groups in total. The molecule has 0 fully saturated rings. The third-order valence-corrected chi connectivity index (χ3v) is 1.13. The van der Waals surface area contributed by atoms with Gasteiger partial charge < -0.3 is 0 Å². The van der Waals surface area contributed by atoms with Gasteiger partial charge in [0, 0.05) is 5.06 Å². The lowest BCUT2D eigenvalue weighted by molar-refractivity contribution is -0.482. The number of nitrogens with zero attached hydrogens (tertiary/aromatic N) is 1. The molecule has 0 heterocycles. The first-order valence-electron chi connectivity index (χ1n) is 3.28. The third kappa shape index (κ3) is 6.29. The Balaban J connectivity index is 4.56. The van der Waals surface area contributed by atoms with Crippen LogP contribution in [0.3, 0.4) is 0 Å². The molecule has 15 heavy (non-hydrogen) atoms. The maximum atomic E-state index is 11.8. The Morgan fingerprint density at radius 1 is 1.00 bits per heavy atom. The molecule has 0 aromatic carbocycles. The fraction of sp³-hybridized carbons (Fsp3) is 1.00. The molecule has 0 radical (unpaired) electrons. The van der Waals surface area contributed by atoms with Gasteiger partial charge in [-0.2, -0.15) is 26.3 Å². The van der Waals surface area contributed by atoms with Crippen LogP contribution >= 0.6 is 23.2 Å². The molecule has 0 aromatic rings. The first-order valence-corrected chi connectivity index (χ1v) is 4.04. The van der Waals surface area contributed by atoms with Crippen LogP contribution in [0.4, 0.5) is 26.3 Å². The van der Waals surface area contributed by atoms with Gasteiger partial charge in [0.1, 0.15) is 10.9 Å². The first kappa shape index (κ1) is 15.1. The summed E-state index contributed by atoms with van der Waals surface area (Å²) >= 11 is 10.3. The van der Waals surface area contributed by atoms with Crippen molar-refractivity contribution < 1.29 is 31.2 Å². The lowest BCUT2D eigenvalue weighted by Gasteiger charge is -2.27. The van der Waals surface area contributed by atoms with Crippen molar-refractivity contribution in [3.05, 3.63) is 0 Å². The Morgan fingerprint density at radius 2 is 1.33 bits per heavy atom. The molecule has 0 spiro atoms. The van der Waals surface area contributed by atoms with Crippen LogP contribution in [0.1, 0.15) is 6.92 Å². The summed E-state index contributed by atoms with van der Waals surface area (Å²) in [6.45, 7) is -0.170. The van der Waals surface area contributed by atoms with Gasteiger partial charge in [-0.3, -0.25) is 4.84 Å². The summed E-state index contributed by atoms with van der Waals surface area (Å²) in [5, 5.41) is -2.07. The van der Waals surface area contributed by atoms with Crippen LogP contribution in [0.15, 0.2) is 0 Å². The van der Waals surface area contributed by atoms with Gasteiger partial charge in [-0.05, 0) is 6.92 Å². The van der Waals surface area contributed by atoms with E-state index in [0.717, 1.165) is 6.92 Å². The topological polar surface area (TPSA) is 12.5 Å². The molecule has 0 saturated heterocycles. The SMILES string of the molecule is CC(Cl)(Cl)CON(C(F)(F)F)C(F)(F)F. The number of hydrogen-bond donors (Lipinski definition) is 0. The van der Waals surface area contributed by atoms with E-state index in [2.05, 4.69) is 4.84 Å². The van der Waals surface area contributed by atoms with Crippen molar-refractivity contribution in [3.63, 3.8) is 0 Å². The van der Waals surface area contributed by atoms with E-state index in [1.54, 1.807) is 0 Å². The number of hydroxylamine groups is 2. The lowest BCUT2D eigenvalue weighted by atomic mass is 10.5. The van der Waals surface area contributed by atoms with Crippen LogP contribution < -0.4 is 0 Å². The quantitative estimate of drug-likeness (QED) is 0.340. The molecule has 0 aliphatic rings. The molecule has 0 aromatic heterocycles. The maximum Gasteiger partial charge on any atom is 0.490 e. The molecular formula is C5H5Cl2F6NO. The van der Waals surface area contributed by atoms with Gasteiger partial charge in [-0.15, -0.1) is 0 Å². The zero-order chi connectivity index (χ0) is 12.5. The highest BCUT2D eigenvalue weighted by molar-refractivity contribution is 6.48. The van der Waals surface area contributed by atoms with E-state index in [4.69, 9.17) is 23.2 Å². The third-order valence-electron chi connectivity index (χ3n) is 0.908. The van der Waals surface area contributed by atoms with Crippen LogP contribution in [0, 0.1) is 0 Å². The van der Waals surface area contributed by atoms with E-state index in [9.17, 15) is 26.3 Å². The second kappa shape index (κ2) is 4.52. The van der Waals surface area contributed by atoms with E-state index < -0.39 is 28.6 Å². The predicted molar refractivity (Wildman–Crippen MR) is 40.0 cm³/mol. The summed E-state index contributed by atoms with van der Waals surface area (Å²) in [5.74, 6) is 0. The van der Waals surface area contributed by atoms with Gasteiger partial charge in [-0.1, -0.05) is 23.2 Å². The van der Waals surface area contributed by atoms with E-state index in [-0.39, 0.29) is 0 Å². The lowest BCUT2D eigenvalue weighted by Crippen LogP contribution is -2.49. The molecule has 0 amide bonds. The summed E-state index contributed by atoms with van der Waals surface area (Å²) in [5.41, 5.74) is 0. The molecule has 10 heteroatoms. The van der Waals surface area contributed by atoms with Gasteiger partial charge in [0.2, 0.25) is 0 Å². The highest BCUT2D eigenvalue weighted by Gasteiger charge is 2.56. The minimum atomic E-state index is -5.71. The van der Waals surface area contributed by atoms with Crippen molar-refractivity contribution in [2.24, 2.45) is 0 Å². The molecular weight excluding hydrogens is 275 g/mol. The summed E-state index contributed by atoms with van der Waals surface area (Å²) in [7, 11) is 0. The van der Waals surface area contributed by atoms with Gasteiger partial charge >= 0.3 is 12.6 Å². The summed E-state index contributed by atoms with van der Waals surface area (Å²) in [4.78, 5) is 3.45. The molecule has 0 aliphatic carbocycles. The minimum Gasteiger partial charge on any atom is -0.281 e. The van der Waals surface area contributed by atoms with Gasteiger partial charge in [0.05, 0.1) is 0 Å². The molecule has 0 atom stereocenters. The molecule has 0 saturated carbocycles. The molecule has 2 nitrogen and oxygen atoms in total. The Morgan fingerprint density at radius 3 is 1.53 bits per heavy atom. The van der Waals surface area contributed by atoms with Crippen molar-refractivity contribution in [1.29, 1.82) is 0 Å². The smallest absolute Gasteiger partial charge is 0.281 e. The summed E-state index contributed by atoms with van der Waals surface area (Å²) in [6.07, 6.45) is -11.4. The fourth-order valence-electron chi connectivity index (χ4n) is 0.468. The van der Waals surface area contributed by atoms with E-state index in [0.29, 0.717) is 0 Å². The Labute approximate surface area is 90.6 Å². The molecule has 92 valence electrons. The standard InChI is InChI=1S/C5H5Cl2F6NO/c1-3(6,7)2-15-14(4(8,9)10)5(11,12)13/h2H2,1H3. The zero-order valence-corrected chi connectivity index (χ0v) is 8.60. The largest absolute Gasteiger partial charge is 0.490 e. The van der Waals surface area contributed by atoms with Crippen LogP contribution in [0.2, 0.25) is 0 Å². The van der Waals surface area contributed by atoms with Crippen molar-refractivity contribution in [2.45, 2.75) is 23.9 Å². The maximum absolute atomic E-state index is 11.8. The van der Waals surface area contributed by atoms with E-state index >= 15 is 0 Å². The van der Waals surface area contributed by atoms with Gasteiger partial charge in [0.15, 0.2) is 0 Å². The van der Waals surface area contributed by atoms with Crippen molar-refractivity contribution >= 4 is 23.2 Å². The fourth-order valence-corrected chi connectivity index (χ4v) is 0.566. The van der Waals surface area contributed by atoms with Gasteiger partial charge in [-0.25, -0.2) is 0 Å². The predicted octanol–water partition coefficient (Wildman–Crippen LogP) is 3.45. The second-order valence-corrected chi connectivity index (χ2v) is 4.44. The molecule has 0 unspecified atom stereocenters. The van der Waals surface area contributed by atoms with E-state index in [1.807, 2.05) is 0 Å². The zero-order valence-electron chi connectivity index (χ0n) is 7.09. The van der Waals surface area contributed by atoms with Crippen molar-refractivity contribution in [2.75, 3.05) is 6.61 Å². The first-order chi connectivity index (χ1) is 6.34. The average molecular weight is 280 g/mol. The van der Waals surface area contributed by atoms with Crippen LogP contribution in [0.25, 0.3) is 0 Å². The summed E-state index contributed by atoms with van der Waals surface area (Å²) in [6, 6.07) is 0. The Hall–Kier alpha value is 0.0800. The Bertz CT molecular complexity index is 195. The van der Waals surface area contributed by atoms with Crippen molar-refractivity contribution in [3.8, 4) is 0 Å². The molecule has 0 rings (SSSR count). The highest BCUT2D eigenvalue weighted by atomic mass is 35.5.